The average molecular weight is 676 g/mol. The summed E-state index contributed by atoms with van der Waals surface area (Å²) >= 11 is 0. The summed E-state index contributed by atoms with van der Waals surface area (Å²) in [6.45, 7) is 0. The van der Waals surface area contributed by atoms with Gasteiger partial charge in [0, 0.05) is 38.1 Å². The summed E-state index contributed by atoms with van der Waals surface area (Å²) in [6.07, 6.45) is 0. The Kier molecular flexibility index (Phi) is 3.03. The van der Waals surface area contributed by atoms with E-state index < -0.39 is 183 Å². The number of nitrogens with zero attached hydrogens (tertiary/aromatic N) is 4. The van der Waals surface area contributed by atoms with Gasteiger partial charge in [-0.3, -0.25) is 4.57 Å². The highest BCUT2D eigenvalue weighted by Crippen LogP contribution is 2.41. The molecule has 0 aliphatic heterocycles. The van der Waals surface area contributed by atoms with Crippen LogP contribution in [0, 0.1) is 0 Å². The second-order valence-corrected chi connectivity index (χ2v) is 11.2. The Hall–Kier alpha value is -7.05. The third kappa shape index (κ3) is 4.20. The molecule has 0 saturated heterocycles. The average Bonchev–Trinajstić information content (AvgIpc) is 4.08. The number of hydrogen-bond acceptors (Lipinski definition) is 5. The molecular weight excluding hydrogens is 629 g/mol. The smallest absolute Gasteiger partial charge is 0.238 e. The Morgan fingerprint density at radius 2 is 1.16 bits per heavy atom. The number of hydrogen-bond donors (Lipinski definition) is 0. The number of rotatable bonds is 4. The normalized spacial score (nSPS) is 17.7. The van der Waals surface area contributed by atoms with Crippen molar-refractivity contribution in [2.45, 2.75) is 0 Å². The molecule has 0 aliphatic rings. The van der Waals surface area contributed by atoms with Gasteiger partial charge in [0.05, 0.1) is 45.2 Å². The molecule has 7 aromatic carbocycles. The number of fused-ring (bicyclic) bond motifs is 10. The van der Waals surface area contributed by atoms with E-state index >= 15 is 0 Å². The Balaban J connectivity index is 1.32. The number of aromatic nitrogens is 4. The van der Waals surface area contributed by atoms with Gasteiger partial charge >= 0.3 is 0 Å². The highest BCUT2D eigenvalue weighted by molar-refractivity contribution is 6.24. The summed E-state index contributed by atoms with van der Waals surface area (Å²) in [7, 11) is 0. The van der Waals surface area contributed by atoms with Crippen LogP contribution < -0.4 is 0 Å². The first-order valence-corrected chi connectivity index (χ1v) is 15.2. The van der Waals surface area contributed by atoms with Crippen molar-refractivity contribution in [1.29, 1.82) is 0 Å². The molecule has 0 aliphatic carbocycles. The Morgan fingerprint density at radius 3 is 2.04 bits per heavy atom. The van der Waals surface area contributed by atoms with Crippen LogP contribution in [0.15, 0.2) is 166 Å². The molecule has 0 atom stereocenters. The summed E-state index contributed by atoms with van der Waals surface area (Å²) in [4.78, 5) is 14.1. The van der Waals surface area contributed by atoms with Gasteiger partial charge in [0.1, 0.15) is 22.3 Å². The first-order chi connectivity index (χ1) is 34.0. The maximum atomic E-state index is 9.64. The van der Waals surface area contributed by atoms with Crippen LogP contribution in [-0.2, 0) is 0 Å². The van der Waals surface area contributed by atoms with E-state index in [4.69, 9.17) is 40.7 Å². The molecule has 4 heterocycles. The fourth-order valence-corrected chi connectivity index (χ4v) is 6.22. The number of furan rings is 2. The summed E-state index contributed by atoms with van der Waals surface area (Å²) in [5.74, 6) is -1.23. The van der Waals surface area contributed by atoms with E-state index in [1.54, 1.807) is 30.3 Å². The molecule has 0 bridgehead atoms. The van der Waals surface area contributed by atoms with Crippen LogP contribution in [0.4, 0.5) is 0 Å². The second-order valence-electron chi connectivity index (χ2n) is 11.2. The van der Waals surface area contributed by atoms with Crippen molar-refractivity contribution in [1.82, 2.24) is 19.5 Å². The van der Waals surface area contributed by atoms with Crippen molar-refractivity contribution in [3.63, 3.8) is 0 Å². The van der Waals surface area contributed by atoms with Gasteiger partial charge in [0.25, 0.3) is 0 Å². The first-order valence-electron chi connectivity index (χ1n) is 25.7. The molecule has 4 aromatic heterocycles. The van der Waals surface area contributed by atoms with Gasteiger partial charge in [-0.25, -0.2) is 4.98 Å². The molecular formula is C45H26N4O2. The Morgan fingerprint density at radius 1 is 0.471 bits per heavy atom. The lowest BCUT2D eigenvalue weighted by Crippen LogP contribution is -2.06. The molecule has 11 rings (SSSR count). The van der Waals surface area contributed by atoms with Gasteiger partial charge in [0.2, 0.25) is 5.95 Å². The lowest BCUT2D eigenvalue weighted by molar-refractivity contribution is 0.668. The van der Waals surface area contributed by atoms with E-state index in [1.165, 1.54) is 0 Å². The van der Waals surface area contributed by atoms with Gasteiger partial charge in [-0.15, -0.1) is 0 Å². The minimum atomic E-state index is -0.785. The molecule has 0 radical (unpaired) electrons. The minimum absolute atomic E-state index is 0.186. The molecule has 0 N–H and O–H groups in total. The molecule has 0 fully saturated rings. The van der Waals surface area contributed by atoms with E-state index in [0.717, 1.165) is 4.57 Å². The van der Waals surface area contributed by atoms with Gasteiger partial charge in [-0.05, 0) is 53.4 Å². The zero-order valence-electron chi connectivity index (χ0n) is 46.5. The molecule has 6 heteroatoms. The summed E-state index contributed by atoms with van der Waals surface area (Å²) in [5, 5.41) is -1.83. The highest BCUT2D eigenvalue weighted by Gasteiger charge is 2.22. The zero-order chi connectivity index (χ0) is 51.7. The van der Waals surface area contributed by atoms with Gasteiger partial charge < -0.3 is 8.83 Å². The van der Waals surface area contributed by atoms with Crippen LogP contribution in [0.1, 0.15) is 28.8 Å². The predicted molar refractivity (Wildman–Crippen MR) is 205 cm³/mol. The van der Waals surface area contributed by atoms with Crippen molar-refractivity contribution < 1.29 is 37.6 Å². The zero-order valence-corrected chi connectivity index (χ0v) is 25.5. The lowest BCUT2D eigenvalue weighted by Gasteiger charge is -2.11. The van der Waals surface area contributed by atoms with Crippen molar-refractivity contribution in [3.05, 3.63) is 157 Å². The summed E-state index contributed by atoms with van der Waals surface area (Å²) in [5.41, 5.74) is -3.75. The molecule has 238 valence electrons. The van der Waals surface area contributed by atoms with E-state index in [-0.39, 0.29) is 49.4 Å². The fourth-order valence-electron chi connectivity index (χ4n) is 6.22. The quantitative estimate of drug-likeness (QED) is 0.186. The topological polar surface area (TPSA) is 69.9 Å². The third-order valence-corrected chi connectivity index (χ3v) is 8.38. The van der Waals surface area contributed by atoms with Crippen molar-refractivity contribution in [2.75, 3.05) is 0 Å². The molecule has 0 amide bonds. The maximum Gasteiger partial charge on any atom is 0.238 e. The van der Waals surface area contributed by atoms with Gasteiger partial charge in [-0.1, -0.05) is 115 Å². The molecule has 6 nitrogen and oxygen atoms in total. The van der Waals surface area contributed by atoms with Crippen LogP contribution in [0.2, 0.25) is 0 Å². The largest absolute Gasteiger partial charge is 0.456 e. The summed E-state index contributed by atoms with van der Waals surface area (Å²) in [6, 6.07) is -6.95. The predicted octanol–water partition coefficient (Wildman–Crippen LogP) is 11.8. The van der Waals surface area contributed by atoms with Crippen molar-refractivity contribution in [2.24, 2.45) is 0 Å². The van der Waals surface area contributed by atoms with Crippen LogP contribution >= 0.6 is 0 Å². The number of para-hydroxylation sites is 2. The highest BCUT2D eigenvalue weighted by atomic mass is 16.3. The molecule has 51 heavy (non-hydrogen) atoms. The standard InChI is InChI=1S/C45H26N4O2/c1-3-12-27(13-4-1)30-18-11-21-37-40(30)34-23-22-29(26-39(34)51-37)44-46-43(28-14-5-2-6-15-28)47-45(48-44)49-35-19-9-7-16-31(35)32-24-25-38-41(42(32)49)33-17-8-10-20-36(33)50-38/h1-26H/i1D,3D,4D,7D,8D,9D,10D,11D,12D,13D,16D,17D,18D,19D,20D,21D,22D,23D,24D,25D,26D. The van der Waals surface area contributed by atoms with Crippen LogP contribution in [0.5, 0.6) is 0 Å². The van der Waals surface area contributed by atoms with E-state index in [9.17, 15) is 6.85 Å². The lowest BCUT2D eigenvalue weighted by atomic mass is 9.99. The van der Waals surface area contributed by atoms with Crippen molar-refractivity contribution in [3.8, 4) is 39.9 Å². The fraction of sp³-hybridized carbons (Fsp3) is 0. The Bertz CT molecular complexity index is 4330. The van der Waals surface area contributed by atoms with Crippen LogP contribution in [0.3, 0.4) is 0 Å². The molecule has 0 unspecified atom stereocenters. The molecule has 0 saturated carbocycles. The maximum absolute atomic E-state index is 9.64. The first kappa shape index (κ1) is 14.4. The van der Waals surface area contributed by atoms with E-state index in [1.807, 2.05) is 0 Å². The third-order valence-electron chi connectivity index (χ3n) is 8.38. The Labute approximate surface area is 320 Å². The summed E-state index contributed by atoms with van der Waals surface area (Å²) < 4.78 is 199. The van der Waals surface area contributed by atoms with Crippen LogP contribution in [0.25, 0.3) is 106 Å². The SMILES string of the molecule is [2H]c1c([2H])c([2H])c(-c2c([2H])c([2H])c([2H])c3oc4c([2H])c(-c5nc(-c6ccccc6)nc(-n6c7c([2H])c([2H])c([2H])c([2H])c7c7c([2H])c([2H])c8oc9c([2H])c([2H])c([2H])c([2H])c9c8c76)n5)c([2H])c([2H])c4c23)c([2H])c1[2H]. The minimum Gasteiger partial charge on any atom is -0.456 e. The van der Waals surface area contributed by atoms with Crippen LogP contribution in [-0.4, -0.2) is 19.5 Å². The van der Waals surface area contributed by atoms with Gasteiger partial charge in [-0.2, -0.15) is 9.97 Å². The molecule has 0 spiro atoms. The monoisotopic (exact) mass is 675 g/mol. The van der Waals surface area contributed by atoms with E-state index in [0.29, 0.717) is 0 Å². The van der Waals surface area contributed by atoms with Crippen molar-refractivity contribution >= 4 is 65.7 Å². The second kappa shape index (κ2) is 10.7. The molecule has 11 aromatic rings. The van der Waals surface area contributed by atoms with Gasteiger partial charge in [0.15, 0.2) is 11.6 Å². The van der Waals surface area contributed by atoms with E-state index in [2.05, 4.69) is 4.98 Å². The number of benzene rings is 7.